The molecule has 1 heterocycles. The van der Waals surface area contributed by atoms with Crippen LogP contribution in [-0.4, -0.2) is 30.4 Å². The van der Waals surface area contributed by atoms with E-state index in [1.807, 2.05) is 18.2 Å². The zero-order chi connectivity index (χ0) is 16.8. The van der Waals surface area contributed by atoms with Crippen molar-refractivity contribution in [1.82, 2.24) is 4.90 Å². The van der Waals surface area contributed by atoms with E-state index in [2.05, 4.69) is 59.6 Å². The van der Waals surface area contributed by atoms with Crippen molar-refractivity contribution in [2.75, 3.05) is 25.0 Å². The first-order chi connectivity index (χ1) is 11.7. The Kier molecular flexibility index (Phi) is 5.44. The Morgan fingerprint density at radius 2 is 1.83 bits per heavy atom. The molecule has 0 fully saturated rings. The third-order valence-electron chi connectivity index (χ3n) is 4.45. The van der Waals surface area contributed by atoms with Crippen LogP contribution in [0, 0.1) is 0 Å². The Hall–Kier alpha value is -2.39. The lowest BCUT2D eigenvalue weighted by Crippen LogP contribution is -2.36. The minimum Gasteiger partial charge on any atom is -0.325 e. The molecule has 1 aliphatic rings. The van der Waals surface area contributed by atoms with E-state index in [1.54, 1.807) is 0 Å². The number of carbonyl (C=O) groups excluding carboxylic acids is 1. The van der Waals surface area contributed by atoms with Gasteiger partial charge in [-0.25, -0.2) is 0 Å². The van der Waals surface area contributed by atoms with Crippen molar-refractivity contribution in [3.8, 4) is 0 Å². The molecule has 24 heavy (non-hydrogen) atoms. The molecule has 3 heteroatoms. The smallest absolute Gasteiger partial charge is 0.238 e. The van der Waals surface area contributed by atoms with E-state index < -0.39 is 0 Å². The van der Waals surface area contributed by atoms with Crippen LogP contribution in [0.1, 0.15) is 24.5 Å². The number of aryl methyl sites for hydroxylation is 1. The summed E-state index contributed by atoms with van der Waals surface area (Å²) in [6, 6.07) is 18.5. The third kappa shape index (κ3) is 4.33. The predicted octanol–water partition coefficient (Wildman–Crippen LogP) is 3.98. The lowest BCUT2D eigenvalue weighted by atomic mass is 10.00. The molecular weight excluding hydrogens is 296 g/mol. The number of benzene rings is 2. The first-order valence-electron chi connectivity index (χ1n) is 8.60. The summed E-state index contributed by atoms with van der Waals surface area (Å²) in [5.41, 5.74) is 4.82. The van der Waals surface area contributed by atoms with Crippen LogP contribution in [0.2, 0.25) is 0 Å². The van der Waals surface area contributed by atoms with Gasteiger partial charge >= 0.3 is 0 Å². The van der Waals surface area contributed by atoms with Crippen LogP contribution in [0.5, 0.6) is 0 Å². The highest BCUT2D eigenvalue weighted by atomic mass is 16.2. The highest BCUT2D eigenvalue weighted by Gasteiger charge is 2.15. The van der Waals surface area contributed by atoms with Crippen LogP contribution in [0.25, 0.3) is 5.57 Å². The number of nitrogens with zero attached hydrogens (tertiary/aromatic N) is 1. The average molecular weight is 320 g/mol. The fourth-order valence-electron chi connectivity index (χ4n) is 3.00. The van der Waals surface area contributed by atoms with Crippen LogP contribution in [0.4, 0.5) is 5.69 Å². The summed E-state index contributed by atoms with van der Waals surface area (Å²) in [6.07, 6.45) is 4.24. The van der Waals surface area contributed by atoms with E-state index in [0.29, 0.717) is 6.54 Å². The van der Waals surface area contributed by atoms with Gasteiger partial charge in [0.2, 0.25) is 5.91 Å². The Morgan fingerprint density at radius 3 is 2.46 bits per heavy atom. The number of hydrogen-bond donors (Lipinski definition) is 1. The second kappa shape index (κ2) is 7.93. The highest BCUT2D eigenvalue weighted by molar-refractivity contribution is 5.92. The van der Waals surface area contributed by atoms with E-state index in [9.17, 15) is 4.79 Å². The fraction of sp³-hybridized carbons (Fsp3) is 0.286. The fourth-order valence-corrected chi connectivity index (χ4v) is 3.00. The first-order valence-corrected chi connectivity index (χ1v) is 8.60. The summed E-state index contributed by atoms with van der Waals surface area (Å²) in [7, 11) is 0. The second-order valence-electron chi connectivity index (χ2n) is 6.18. The van der Waals surface area contributed by atoms with E-state index in [1.165, 1.54) is 16.7 Å². The maximum absolute atomic E-state index is 12.2. The van der Waals surface area contributed by atoms with Gasteiger partial charge in [-0.3, -0.25) is 9.69 Å². The van der Waals surface area contributed by atoms with E-state index >= 15 is 0 Å². The van der Waals surface area contributed by atoms with Crippen molar-refractivity contribution < 1.29 is 4.79 Å². The van der Waals surface area contributed by atoms with Crippen LogP contribution in [0.15, 0.2) is 60.7 Å². The Labute approximate surface area is 144 Å². The molecule has 2 aromatic carbocycles. The number of amides is 1. The summed E-state index contributed by atoms with van der Waals surface area (Å²) in [4.78, 5) is 14.4. The number of carbonyl (C=O) groups is 1. The van der Waals surface area contributed by atoms with Gasteiger partial charge in [-0.05, 0) is 41.7 Å². The Balaban J connectivity index is 1.51. The standard InChI is InChI=1S/C21H24N2O/c1-2-17-8-10-20(11-9-17)22-21(24)16-23-14-12-19(13-15-23)18-6-4-3-5-7-18/h3-12H,2,13-16H2,1H3,(H,22,24). The van der Waals surface area contributed by atoms with Crippen molar-refractivity contribution in [2.24, 2.45) is 0 Å². The van der Waals surface area contributed by atoms with Gasteiger partial charge in [0.05, 0.1) is 6.54 Å². The van der Waals surface area contributed by atoms with Gasteiger partial charge in [0.15, 0.2) is 0 Å². The normalized spacial score (nSPS) is 15.0. The van der Waals surface area contributed by atoms with Crippen molar-refractivity contribution in [3.63, 3.8) is 0 Å². The molecule has 1 amide bonds. The van der Waals surface area contributed by atoms with Gasteiger partial charge in [-0.15, -0.1) is 0 Å². The molecule has 0 unspecified atom stereocenters. The van der Waals surface area contributed by atoms with Gasteiger partial charge in [-0.1, -0.05) is 55.5 Å². The maximum atomic E-state index is 12.2. The number of nitrogens with one attached hydrogen (secondary N) is 1. The van der Waals surface area contributed by atoms with Gasteiger partial charge in [0, 0.05) is 18.8 Å². The second-order valence-corrected chi connectivity index (χ2v) is 6.18. The molecule has 124 valence electrons. The molecule has 1 N–H and O–H groups in total. The SMILES string of the molecule is CCc1ccc(NC(=O)CN2CC=C(c3ccccc3)CC2)cc1. The number of anilines is 1. The minimum absolute atomic E-state index is 0.0517. The topological polar surface area (TPSA) is 32.3 Å². The molecule has 0 aromatic heterocycles. The third-order valence-corrected chi connectivity index (χ3v) is 4.45. The first kappa shape index (κ1) is 16.5. The van der Waals surface area contributed by atoms with Crippen LogP contribution < -0.4 is 5.32 Å². The largest absolute Gasteiger partial charge is 0.325 e. The molecule has 0 bridgehead atoms. The molecule has 0 saturated heterocycles. The van der Waals surface area contributed by atoms with Gasteiger partial charge in [0.25, 0.3) is 0 Å². The number of hydrogen-bond acceptors (Lipinski definition) is 2. The Morgan fingerprint density at radius 1 is 1.08 bits per heavy atom. The van der Waals surface area contributed by atoms with Gasteiger partial charge < -0.3 is 5.32 Å². The molecule has 0 radical (unpaired) electrons. The summed E-state index contributed by atoms with van der Waals surface area (Å²) in [6.45, 7) is 4.31. The van der Waals surface area contributed by atoms with Crippen LogP contribution in [-0.2, 0) is 11.2 Å². The van der Waals surface area contributed by atoms with Crippen molar-refractivity contribution in [2.45, 2.75) is 19.8 Å². The summed E-state index contributed by atoms with van der Waals surface area (Å²) in [5, 5.41) is 2.98. The van der Waals surface area contributed by atoms with E-state index in [4.69, 9.17) is 0 Å². The van der Waals surface area contributed by atoms with Crippen molar-refractivity contribution in [1.29, 1.82) is 0 Å². The van der Waals surface area contributed by atoms with Crippen molar-refractivity contribution in [3.05, 3.63) is 71.8 Å². The Bertz CT molecular complexity index is 704. The van der Waals surface area contributed by atoms with Gasteiger partial charge in [-0.2, -0.15) is 0 Å². The van der Waals surface area contributed by atoms with E-state index in [-0.39, 0.29) is 5.91 Å². The summed E-state index contributed by atoms with van der Waals surface area (Å²) >= 11 is 0. The van der Waals surface area contributed by atoms with Crippen molar-refractivity contribution >= 4 is 17.2 Å². The quantitative estimate of drug-likeness (QED) is 0.904. The summed E-state index contributed by atoms with van der Waals surface area (Å²) in [5.74, 6) is 0.0517. The van der Waals surface area contributed by atoms with Crippen LogP contribution in [0.3, 0.4) is 0 Å². The minimum atomic E-state index is 0.0517. The molecule has 2 aromatic rings. The molecule has 3 nitrogen and oxygen atoms in total. The van der Waals surface area contributed by atoms with Crippen LogP contribution >= 0.6 is 0 Å². The maximum Gasteiger partial charge on any atom is 0.238 e. The molecule has 0 saturated carbocycles. The highest BCUT2D eigenvalue weighted by Crippen LogP contribution is 2.21. The monoisotopic (exact) mass is 320 g/mol. The molecule has 1 aliphatic heterocycles. The molecular formula is C21H24N2O. The average Bonchev–Trinajstić information content (AvgIpc) is 2.64. The van der Waals surface area contributed by atoms with E-state index in [0.717, 1.165) is 31.6 Å². The number of rotatable bonds is 5. The lowest BCUT2D eigenvalue weighted by Gasteiger charge is -2.25. The van der Waals surface area contributed by atoms with Gasteiger partial charge in [0.1, 0.15) is 0 Å². The molecule has 0 spiro atoms. The summed E-state index contributed by atoms with van der Waals surface area (Å²) < 4.78 is 0. The molecule has 0 aliphatic carbocycles. The molecule has 3 rings (SSSR count). The predicted molar refractivity (Wildman–Crippen MR) is 99.9 cm³/mol. The zero-order valence-electron chi connectivity index (χ0n) is 14.2. The molecule has 0 atom stereocenters. The lowest BCUT2D eigenvalue weighted by molar-refractivity contribution is -0.117. The zero-order valence-corrected chi connectivity index (χ0v) is 14.2.